The maximum atomic E-state index is 6.08. The van der Waals surface area contributed by atoms with Crippen LogP contribution in [0.2, 0.25) is 0 Å². The largest absolute Gasteiger partial charge is 0.441 e. The summed E-state index contributed by atoms with van der Waals surface area (Å²) in [6.07, 6.45) is 3.81. The maximum absolute atomic E-state index is 6.08. The lowest BCUT2D eigenvalue weighted by molar-refractivity contribution is 0.472. The number of nitrogens with two attached hydrogens (primary N) is 1. The zero-order valence-corrected chi connectivity index (χ0v) is 11.3. The first-order chi connectivity index (χ1) is 9.70. The number of hydrogen-bond acceptors (Lipinski definition) is 4. The molecule has 102 valence electrons. The number of oxazole rings is 1. The Hall–Kier alpha value is -2.14. The molecule has 0 amide bonds. The van der Waals surface area contributed by atoms with Crippen molar-refractivity contribution in [1.29, 1.82) is 0 Å². The van der Waals surface area contributed by atoms with Gasteiger partial charge in [-0.15, -0.1) is 0 Å². The molecule has 2 aromatic heterocycles. The number of hydrogen-bond donors (Lipinski definition) is 1. The predicted octanol–water partition coefficient (Wildman–Crippen LogP) is 2.27. The standard InChI is InChI=1S/C15H16N4O/c1-9-18-12-6-10(2-3-14(12)20-9)15-13-7-11(16)4-5-19(13)8-17-15/h2-3,6,8,11H,4-5,7,16H2,1H3. The molecule has 0 saturated heterocycles. The van der Waals surface area contributed by atoms with Crippen LogP contribution in [0.3, 0.4) is 0 Å². The molecule has 0 radical (unpaired) electrons. The summed E-state index contributed by atoms with van der Waals surface area (Å²) in [7, 11) is 0. The summed E-state index contributed by atoms with van der Waals surface area (Å²) >= 11 is 0. The molecule has 0 aliphatic carbocycles. The highest BCUT2D eigenvalue weighted by Crippen LogP contribution is 2.29. The van der Waals surface area contributed by atoms with Crippen LogP contribution in [0.15, 0.2) is 28.9 Å². The normalized spacial score (nSPS) is 18.4. The Morgan fingerprint density at radius 1 is 1.40 bits per heavy atom. The molecule has 1 aromatic carbocycles. The van der Waals surface area contributed by atoms with Gasteiger partial charge in [0.1, 0.15) is 5.52 Å². The molecule has 0 spiro atoms. The Morgan fingerprint density at radius 2 is 2.30 bits per heavy atom. The average molecular weight is 268 g/mol. The Kier molecular flexibility index (Phi) is 2.44. The van der Waals surface area contributed by atoms with Gasteiger partial charge in [0.15, 0.2) is 11.5 Å². The van der Waals surface area contributed by atoms with Crippen LogP contribution in [0.1, 0.15) is 18.0 Å². The summed E-state index contributed by atoms with van der Waals surface area (Å²) in [4.78, 5) is 8.95. The van der Waals surface area contributed by atoms with Crippen molar-refractivity contribution in [2.24, 2.45) is 5.73 Å². The Morgan fingerprint density at radius 3 is 3.20 bits per heavy atom. The van der Waals surface area contributed by atoms with Gasteiger partial charge >= 0.3 is 0 Å². The van der Waals surface area contributed by atoms with Crippen molar-refractivity contribution in [2.75, 3.05) is 0 Å². The van der Waals surface area contributed by atoms with Gasteiger partial charge in [-0.1, -0.05) is 0 Å². The molecule has 1 aliphatic rings. The molecule has 0 bridgehead atoms. The van der Waals surface area contributed by atoms with E-state index in [4.69, 9.17) is 10.2 Å². The Labute approximate surface area is 116 Å². The molecule has 3 aromatic rings. The van der Waals surface area contributed by atoms with E-state index in [1.807, 2.05) is 31.5 Å². The van der Waals surface area contributed by atoms with Crippen molar-refractivity contribution in [3.8, 4) is 11.3 Å². The lowest BCUT2D eigenvalue weighted by Crippen LogP contribution is -2.30. The number of fused-ring (bicyclic) bond motifs is 2. The van der Waals surface area contributed by atoms with E-state index in [-0.39, 0.29) is 6.04 Å². The van der Waals surface area contributed by atoms with Crippen molar-refractivity contribution < 1.29 is 4.42 Å². The number of benzene rings is 1. The third-order valence-electron chi connectivity index (χ3n) is 3.91. The molecular formula is C15H16N4O. The minimum atomic E-state index is 0.232. The maximum Gasteiger partial charge on any atom is 0.192 e. The lowest BCUT2D eigenvalue weighted by Gasteiger charge is -2.21. The van der Waals surface area contributed by atoms with E-state index in [1.54, 1.807) is 0 Å². The highest BCUT2D eigenvalue weighted by molar-refractivity contribution is 5.80. The molecule has 1 atom stereocenters. The van der Waals surface area contributed by atoms with Crippen molar-refractivity contribution in [3.05, 3.63) is 36.1 Å². The monoisotopic (exact) mass is 268 g/mol. The van der Waals surface area contributed by atoms with Crippen LogP contribution >= 0.6 is 0 Å². The first kappa shape index (κ1) is 11.7. The van der Waals surface area contributed by atoms with Crippen LogP contribution in [0.25, 0.3) is 22.4 Å². The third kappa shape index (κ3) is 1.74. The van der Waals surface area contributed by atoms with E-state index in [0.717, 1.165) is 41.7 Å². The molecule has 0 saturated carbocycles. The summed E-state index contributed by atoms with van der Waals surface area (Å²) in [5.41, 5.74) is 11.1. The second-order valence-corrected chi connectivity index (χ2v) is 5.40. The minimum Gasteiger partial charge on any atom is -0.441 e. The molecule has 2 N–H and O–H groups in total. The fraction of sp³-hybridized carbons (Fsp3) is 0.333. The number of rotatable bonds is 1. The van der Waals surface area contributed by atoms with E-state index in [1.165, 1.54) is 5.69 Å². The third-order valence-corrected chi connectivity index (χ3v) is 3.91. The molecule has 5 heteroatoms. The van der Waals surface area contributed by atoms with Gasteiger partial charge in [0.25, 0.3) is 0 Å². The van der Waals surface area contributed by atoms with Crippen LogP contribution in [0.5, 0.6) is 0 Å². The van der Waals surface area contributed by atoms with Crippen molar-refractivity contribution >= 4 is 11.1 Å². The van der Waals surface area contributed by atoms with Crippen LogP contribution < -0.4 is 5.73 Å². The number of aryl methyl sites for hydroxylation is 2. The number of imidazole rings is 1. The highest BCUT2D eigenvalue weighted by atomic mass is 16.3. The van der Waals surface area contributed by atoms with E-state index in [9.17, 15) is 0 Å². The molecule has 0 fully saturated rings. The van der Waals surface area contributed by atoms with Crippen LogP contribution in [-0.2, 0) is 13.0 Å². The molecule has 5 nitrogen and oxygen atoms in total. The van der Waals surface area contributed by atoms with E-state index in [0.29, 0.717) is 5.89 Å². The SMILES string of the molecule is Cc1nc2cc(-c3ncn4c3CC(N)CC4)ccc2o1. The van der Waals surface area contributed by atoms with Crippen LogP contribution in [0, 0.1) is 6.92 Å². The molecule has 3 heterocycles. The summed E-state index contributed by atoms with van der Waals surface area (Å²) in [6.45, 7) is 2.81. The summed E-state index contributed by atoms with van der Waals surface area (Å²) in [5.74, 6) is 0.686. The zero-order valence-electron chi connectivity index (χ0n) is 11.3. The van der Waals surface area contributed by atoms with Gasteiger partial charge in [0.05, 0.1) is 12.0 Å². The molecule has 20 heavy (non-hydrogen) atoms. The second-order valence-electron chi connectivity index (χ2n) is 5.40. The van der Waals surface area contributed by atoms with Gasteiger partial charge in [0.2, 0.25) is 0 Å². The topological polar surface area (TPSA) is 69.9 Å². The minimum absolute atomic E-state index is 0.232. The quantitative estimate of drug-likeness (QED) is 0.735. The van der Waals surface area contributed by atoms with Crippen LogP contribution in [0.4, 0.5) is 0 Å². The van der Waals surface area contributed by atoms with E-state index < -0.39 is 0 Å². The van der Waals surface area contributed by atoms with Crippen LogP contribution in [-0.4, -0.2) is 20.6 Å². The van der Waals surface area contributed by atoms with Crippen molar-refractivity contribution in [2.45, 2.75) is 32.4 Å². The average Bonchev–Trinajstić information content (AvgIpc) is 2.99. The summed E-state index contributed by atoms with van der Waals surface area (Å²) in [5, 5.41) is 0. The van der Waals surface area contributed by atoms with Crippen molar-refractivity contribution in [1.82, 2.24) is 14.5 Å². The Balaban J connectivity index is 1.84. The van der Waals surface area contributed by atoms with Gasteiger partial charge < -0.3 is 14.7 Å². The zero-order chi connectivity index (χ0) is 13.7. The van der Waals surface area contributed by atoms with Gasteiger partial charge in [-0.2, -0.15) is 0 Å². The Bertz CT molecular complexity index is 786. The molecule has 1 unspecified atom stereocenters. The van der Waals surface area contributed by atoms with Gasteiger partial charge in [-0.25, -0.2) is 9.97 Å². The first-order valence-corrected chi connectivity index (χ1v) is 6.88. The highest BCUT2D eigenvalue weighted by Gasteiger charge is 2.20. The van der Waals surface area contributed by atoms with Gasteiger partial charge in [-0.3, -0.25) is 0 Å². The van der Waals surface area contributed by atoms with E-state index in [2.05, 4.69) is 14.5 Å². The van der Waals surface area contributed by atoms with Crippen molar-refractivity contribution in [3.63, 3.8) is 0 Å². The fourth-order valence-electron chi connectivity index (χ4n) is 2.90. The second kappa shape index (κ2) is 4.18. The predicted molar refractivity (Wildman–Crippen MR) is 76.3 cm³/mol. The summed E-state index contributed by atoms with van der Waals surface area (Å²) < 4.78 is 7.72. The van der Waals surface area contributed by atoms with Gasteiger partial charge in [0, 0.05) is 37.2 Å². The smallest absolute Gasteiger partial charge is 0.192 e. The molecule has 4 rings (SSSR count). The molecular weight excluding hydrogens is 252 g/mol. The first-order valence-electron chi connectivity index (χ1n) is 6.88. The van der Waals surface area contributed by atoms with E-state index >= 15 is 0 Å². The number of nitrogens with zero attached hydrogens (tertiary/aromatic N) is 3. The van der Waals surface area contributed by atoms with Gasteiger partial charge in [-0.05, 0) is 24.6 Å². The number of aromatic nitrogens is 3. The summed E-state index contributed by atoms with van der Waals surface area (Å²) in [6, 6.07) is 6.26. The lowest BCUT2D eigenvalue weighted by atomic mass is 10.0. The fourth-order valence-corrected chi connectivity index (χ4v) is 2.90. The molecule has 1 aliphatic heterocycles.